The lowest BCUT2D eigenvalue weighted by atomic mass is 10.0. The summed E-state index contributed by atoms with van der Waals surface area (Å²) in [7, 11) is 1.95. The smallest absolute Gasteiger partial charge is 0.242 e. The summed E-state index contributed by atoms with van der Waals surface area (Å²) >= 11 is 0. The number of nitrogens with zero attached hydrogens (tertiary/aromatic N) is 1. The van der Waals surface area contributed by atoms with Gasteiger partial charge in [-0.3, -0.25) is 9.69 Å². The quantitative estimate of drug-likeness (QED) is 0.887. The van der Waals surface area contributed by atoms with Gasteiger partial charge in [0.15, 0.2) is 0 Å². The first kappa shape index (κ1) is 13.9. The molecular weight excluding hydrogens is 264 g/mol. The molecule has 2 aromatic rings. The SMILES string of the molecule is CN(Cc1ccco1)[C@H](C(=O)NC1CC1)c1ccccc1. The van der Waals surface area contributed by atoms with Crippen LogP contribution in [0.2, 0.25) is 0 Å². The van der Waals surface area contributed by atoms with E-state index in [2.05, 4.69) is 5.32 Å². The van der Waals surface area contributed by atoms with E-state index in [0.29, 0.717) is 12.6 Å². The highest BCUT2D eigenvalue weighted by Crippen LogP contribution is 2.25. The Balaban J connectivity index is 1.78. The molecule has 0 bridgehead atoms. The Labute approximate surface area is 124 Å². The molecule has 3 rings (SSSR count). The van der Waals surface area contributed by atoms with E-state index in [1.165, 1.54) is 0 Å². The maximum atomic E-state index is 12.6. The summed E-state index contributed by atoms with van der Waals surface area (Å²) in [6, 6.07) is 13.7. The molecule has 0 aliphatic heterocycles. The van der Waals surface area contributed by atoms with Crippen LogP contribution >= 0.6 is 0 Å². The van der Waals surface area contributed by atoms with E-state index in [0.717, 1.165) is 24.2 Å². The van der Waals surface area contributed by atoms with Crippen LogP contribution in [-0.2, 0) is 11.3 Å². The van der Waals surface area contributed by atoms with E-state index in [1.54, 1.807) is 6.26 Å². The van der Waals surface area contributed by atoms with Crippen LogP contribution in [0.4, 0.5) is 0 Å². The minimum atomic E-state index is -0.295. The van der Waals surface area contributed by atoms with Crippen LogP contribution in [0.5, 0.6) is 0 Å². The number of rotatable bonds is 6. The molecular formula is C17H20N2O2. The van der Waals surface area contributed by atoms with E-state index >= 15 is 0 Å². The molecule has 1 atom stereocenters. The van der Waals surface area contributed by atoms with Gasteiger partial charge in [0.25, 0.3) is 0 Å². The third kappa shape index (κ3) is 3.52. The molecule has 1 fully saturated rings. The maximum Gasteiger partial charge on any atom is 0.242 e. The van der Waals surface area contributed by atoms with E-state index in [9.17, 15) is 4.79 Å². The van der Waals surface area contributed by atoms with Crippen molar-refractivity contribution in [3.8, 4) is 0 Å². The lowest BCUT2D eigenvalue weighted by Crippen LogP contribution is -2.39. The van der Waals surface area contributed by atoms with Gasteiger partial charge in [-0.25, -0.2) is 0 Å². The Kier molecular flexibility index (Phi) is 4.06. The van der Waals surface area contributed by atoms with Crippen LogP contribution in [0.15, 0.2) is 53.1 Å². The van der Waals surface area contributed by atoms with Crippen molar-refractivity contribution in [2.75, 3.05) is 7.05 Å². The fourth-order valence-corrected chi connectivity index (χ4v) is 2.49. The van der Waals surface area contributed by atoms with Gasteiger partial charge in [-0.05, 0) is 37.6 Å². The van der Waals surface area contributed by atoms with Gasteiger partial charge in [-0.1, -0.05) is 30.3 Å². The number of amides is 1. The number of likely N-dealkylation sites (N-methyl/N-ethyl adjacent to an activating group) is 1. The van der Waals surface area contributed by atoms with Gasteiger partial charge < -0.3 is 9.73 Å². The second-order valence-corrected chi connectivity index (χ2v) is 5.59. The number of nitrogens with one attached hydrogen (secondary N) is 1. The molecule has 4 heteroatoms. The Bertz CT molecular complexity index is 576. The van der Waals surface area contributed by atoms with Crippen LogP contribution in [0.1, 0.15) is 30.2 Å². The molecule has 0 unspecified atom stereocenters. The molecule has 110 valence electrons. The minimum absolute atomic E-state index is 0.0674. The summed E-state index contributed by atoms with van der Waals surface area (Å²) in [5, 5.41) is 3.10. The zero-order valence-corrected chi connectivity index (χ0v) is 12.2. The summed E-state index contributed by atoms with van der Waals surface area (Å²) < 4.78 is 5.39. The van der Waals surface area contributed by atoms with Crippen LogP contribution < -0.4 is 5.32 Å². The van der Waals surface area contributed by atoms with Gasteiger partial charge in [0.05, 0.1) is 12.8 Å². The van der Waals surface area contributed by atoms with Crippen molar-refractivity contribution in [2.45, 2.75) is 31.5 Å². The average molecular weight is 284 g/mol. The monoisotopic (exact) mass is 284 g/mol. The Hall–Kier alpha value is -2.07. The predicted molar refractivity (Wildman–Crippen MR) is 80.5 cm³/mol. The lowest BCUT2D eigenvalue weighted by molar-refractivity contribution is -0.126. The van der Waals surface area contributed by atoms with Crippen LogP contribution in [0.3, 0.4) is 0 Å². The molecule has 1 N–H and O–H groups in total. The Morgan fingerprint density at radius 1 is 1.29 bits per heavy atom. The molecule has 1 saturated carbocycles. The van der Waals surface area contributed by atoms with Gasteiger partial charge in [-0.15, -0.1) is 0 Å². The number of furan rings is 1. The van der Waals surface area contributed by atoms with Crippen molar-refractivity contribution in [1.29, 1.82) is 0 Å². The van der Waals surface area contributed by atoms with Crippen LogP contribution in [0.25, 0.3) is 0 Å². The summed E-state index contributed by atoms with van der Waals surface area (Å²) in [4.78, 5) is 14.6. The molecule has 1 aliphatic carbocycles. The fourth-order valence-electron chi connectivity index (χ4n) is 2.49. The highest BCUT2D eigenvalue weighted by molar-refractivity contribution is 5.83. The minimum Gasteiger partial charge on any atom is -0.468 e. The average Bonchev–Trinajstić information content (AvgIpc) is 3.14. The number of carbonyl (C=O) groups is 1. The van der Waals surface area contributed by atoms with Gasteiger partial charge in [-0.2, -0.15) is 0 Å². The first-order chi connectivity index (χ1) is 10.2. The number of benzene rings is 1. The van der Waals surface area contributed by atoms with Crippen molar-refractivity contribution < 1.29 is 9.21 Å². The molecule has 1 aromatic heterocycles. The van der Waals surface area contributed by atoms with E-state index in [4.69, 9.17) is 4.42 Å². The number of hydrogen-bond acceptors (Lipinski definition) is 3. The lowest BCUT2D eigenvalue weighted by Gasteiger charge is -2.26. The Morgan fingerprint density at radius 3 is 2.67 bits per heavy atom. The molecule has 0 saturated heterocycles. The second kappa shape index (κ2) is 6.14. The summed E-state index contributed by atoms with van der Waals surface area (Å²) in [6.45, 7) is 0.602. The standard InChI is InChI=1S/C17H20N2O2/c1-19(12-15-8-5-11-21-15)16(13-6-3-2-4-7-13)17(20)18-14-9-10-14/h2-8,11,14,16H,9-10,12H2,1H3,(H,18,20)/t16-/m0/s1. The van der Waals surface area contributed by atoms with E-state index in [-0.39, 0.29) is 11.9 Å². The first-order valence-electron chi connectivity index (χ1n) is 7.32. The summed E-state index contributed by atoms with van der Waals surface area (Å²) in [5.41, 5.74) is 1.00. The maximum absolute atomic E-state index is 12.6. The highest BCUT2D eigenvalue weighted by Gasteiger charge is 2.30. The summed E-state index contributed by atoms with van der Waals surface area (Å²) in [5.74, 6) is 0.926. The van der Waals surface area contributed by atoms with Gasteiger partial charge >= 0.3 is 0 Å². The Morgan fingerprint density at radius 2 is 2.05 bits per heavy atom. The molecule has 4 nitrogen and oxygen atoms in total. The van der Waals surface area contributed by atoms with Gasteiger partial charge in [0, 0.05) is 6.04 Å². The van der Waals surface area contributed by atoms with Crippen molar-refractivity contribution >= 4 is 5.91 Å². The molecule has 1 heterocycles. The fraction of sp³-hybridized carbons (Fsp3) is 0.353. The van der Waals surface area contributed by atoms with Crippen molar-refractivity contribution in [2.24, 2.45) is 0 Å². The van der Waals surface area contributed by atoms with Crippen molar-refractivity contribution in [3.05, 3.63) is 60.1 Å². The molecule has 0 spiro atoms. The van der Waals surface area contributed by atoms with E-state index < -0.39 is 0 Å². The van der Waals surface area contributed by atoms with Crippen LogP contribution in [0, 0.1) is 0 Å². The molecule has 0 radical (unpaired) electrons. The van der Waals surface area contributed by atoms with Gasteiger partial charge in [0.1, 0.15) is 11.8 Å². The van der Waals surface area contributed by atoms with Crippen molar-refractivity contribution in [1.82, 2.24) is 10.2 Å². The highest BCUT2D eigenvalue weighted by atomic mass is 16.3. The number of hydrogen-bond donors (Lipinski definition) is 1. The summed E-state index contributed by atoms with van der Waals surface area (Å²) in [6.07, 6.45) is 3.84. The molecule has 21 heavy (non-hydrogen) atoms. The third-order valence-electron chi connectivity index (χ3n) is 3.71. The second-order valence-electron chi connectivity index (χ2n) is 5.59. The first-order valence-corrected chi connectivity index (χ1v) is 7.32. The largest absolute Gasteiger partial charge is 0.468 e. The topological polar surface area (TPSA) is 45.5 Å². The molecule has 1 aliphatic rings. The van der Waals surface area contributed by atoms with Crippen molar-refractivity contribution in [3.63, 3.8) is 0 Å². The predicted octanol–water partition coefficient (Wildman–Crippen LogP) is 2.73. The third-order valence-corrected chi connectivity index (χ3v) is 3.71. The van der Waals surface area contributed by atoms with Crippen LogP contribution in [-0.4, -0.2) is 23.9 Å². The zero-order chi connectivity index (χ0) is 14.7. The number of carbonyl (C=O) groups excluding carboxylic acids is 1. The van der Waals surface area contributed by atoms with Gasteiger partial charge in [0.2, 0.25) is 5.91 Å². The van der Waals surface area contributed by atoms with E-state index in [1.807, 2.05) is 54.4 Å². The molecule has 1 amide bonds. The molecule has 1 aromatic carbocycles. The zero-order valence-electron chi connectivity index (χ0n) is 12.2. The normalized spacial score (nSPS) is 15.9.